The van der Waals surface area contributed by atoms with E-state index in [1.807, 2.05) is 0 Å². The highest BCUT2D eigenvalue weighted by atomic mass is 32.2. The fourth-order valence-electron chi connectivity index (χ4n) is 2.26. The molecule has 0 aromatic heterocycles. The van der Waals surface area contributed by atoms with Gasteiger partial charge >= 0.3 is 0 Å². The monoisotopic (exact) mass is 347 g/mol. The maximum absolute atomic E-state index is 11.4. The second-order valence-electron chi connectivity index (χ2n) is 4.59. The largest absolute Gasteiger partial charge is 0.496 e. The molecule has 10 heteroatoms. The summed E-state index contributed by atoms with van der Waals surface area (Å²) in [7, 11) is -7.80. The molecular formula is C12H13NO7S2. The topological polar surface area (TPSA) is 144 Å². The van der Waals surface area contributed by atoms with Crippen LogP contribution in [0.4, 0.5) is 5.69 Å². The van der Waals surface area contributed by atoms with Crippen molar-refractivity contribution in [1.29, 1.82) is 0 Å². The van der Waals surface area contributed by atoms with Gasteiger partial charge in [-0.25, -0.2) is 0 Å². The number of benzene rings is 2. The number of rotatable bonds is 3. The smallest absolute Gasteiger partial charge is 0.294 e. The highest BCUT2D eigenvalue weighted by Crippen LogP contribution is 2.38. The molecule has 4 N–H and O–H groups in total. The van der Waals surface area contributed by atoms with Crippen LogP contribution in [0.15, 0.2) is 28.0 Å². The van der Waals surface area contributed by atoms with Crippen molar-refractivity contribution in [2.75, 3.05) is 12.8 Å². The molecule has 0 radical (unpaired) electrons. The quantitative estimate of drug-likeness (QED) is 0.555. The van der Waals surface area contributed by atoms with E-state index < -0.39 is 30.0 Å². The third-order valence-corrected chi connectivity index (χ3v) is 4.99. The first kappa shape index (κ1) is 16.5. The molecule has 2 rings (SSSR count). The molecule has 120 valence electrons. The van der Waals surface area contributed by atoms with Crippen molar-refractivity contribution in [2.24, 2.45) is 0 Å². The fourth-order valence-corrected chi connectivity index (χ4v) is 3.56. The molecule has 0 unspecified atom stereocenters. The molecule has 0 aliphatic heterocycles. The van der Waals surface area contributed by atoms with Gasteiger partial charge in [0.25, 0.3) is 20.2 Å². The first-order chi connectivity index (χ1) is 9.96. The van der Waals surface area contributed by atoms with E-state index in [-0.39, 0.29) is 27.8 Å². The predicted octanol–water partition coefficient (Wildman–Crippen LogP) is 1.23. The summed E-state index contributed by atoms with van der Waals surface area (Å²) >= 11 is 0. The van der Waals surface area contributed by atoms with Crippen molar-refractivity contribution in [3.05, 3.63) is 23.8 Å². The molecule has 0 saturated carbocycles. The molecule has 22 heavy (non-hydrogen) atoms. The van der Waals surface area contributed by atoms with Crippen molar-refractivity contribution in [3.63, 3.8) is 0 Å². The Morgan fingerprint density at radius 2 is 1.64 bits per heavy atom. The third-order valence-electron chi connectivity index (χ3n) is 3.18. The standard InChI is InChI=1S/C12H13NO7S2/c1-6-10(22(17,18)19)4-7-3-8(21(14,15)16)5-9(13)11(7)12(6)20-2/h3-5H,13H2,1-2H3,(H,14,15,16)(H,17,18,19). The molecule has 0 aliphatic carbocycles. The van der Waals surface area contributed by atoms with Crippen LogP contribution in [0, 0.1) is 6.92 Å². The number of hydrogen-bond donors (Lipinski definition) is 3. The van der Waals surface area contributed by atoms with E-state index in [0.717, 1.165) is 18.2 Å². The van der Waals surface area contributed by atoms with Crippen LogP contribution < -0.4 is 10.5 Å². The van der Waals surface area contributed by atoms with Crippen LogP contribution >= 0.6 is 0 Å². The van der Waals surface area contributed by atoms with Gasteiger partial charge in [0.15, 0.2) is 0 Å². The molecule has 0 bridgehead atoms. The number of ether oxygens (including phenoxy) is 1. The predicted molar refractivity (Wildman–Crippen MR) is 79.3 cm³/mol. The molecule has 0 heterocycles. The van der Waals surface area contributed by atoms with E-state index in [9.17, 15) is 21.4 Å². The van der Waals surface area contributed by atoms with Crippen LogP contribution in [0.25, 0.3) is 10.8 Å². The van der Waals surface area contributed by atoms with E-state index >= 15 is 0 Å². The zero-order valence-corrected chi connectivity index (χ0v) is 13.2. The summed E-state index contributed by atoms with van der Waals surface area (Å²) in [6, 6.07) is 3.14. The summed E-state index contributed by atoms with van der Waals surface area (Å²) in [5, 5.41) is 0.363. The van der Waals surface area contributed by atoms with E-state index in [2.05, 4.69) is 0 Å². The number of fused-ring (bicyclic) bond motifs is 1. The van der Waals surface area contributed by atoms with Gasteiger partial charge in [0.05, 0.1) is 12.0 Å². The summed E-state index contributed by atoms with van der Waals surface area (Å²) in [5.41, 5.74) is 5.90. The van der Waals surface area contributed by atoms with Crippen LogP contribution in [0.1, 0.15) is 5.56 Å². The van der Waals surface area contributed by atoms with Gasteiger partial charge in [-0.1, -0.05) is 0 Å². The van der Waals surface area contributed by atoms with Crippen molar-refractivity contribution >= 4 is 36.7 Å². The van der Waals surface area contributed by atoms with Gasteiger partial charge in [0.1, 0.15) is 10.6 Å². The van der Waals surface area contributed by atoms with Gasteiger partial charge in [0.2, 0.25) is 0 Å². The van der Waals surface area contributed by atoms with Gasteiger partial charge in [-0.15, -0.1) is 0 Å². The maximum Gasteiger partial charge on any atom is 0.294 e. The number of nitrogen functional groups attached to an aromatic ring is 1. The number of methoxy groups -OCH3 is 1. The lowest BCUT2D eigenvalue weighted by atomic mass is 10.0. The van der Waals surface area contributed by atoms with Crippen molar-refractivity contribution in [1.82, 2.24) is 0 Å². The fraction of sp³-hybridized carbons (Fsp3) is 0.167. The normalized spacial score (nSPS) is 12.5. The van der Waals surface area contributed by atoms with Crippen LogP contribution in [0.2, 0.25) is 0 Å². The van der Waals surface area contributed by atoms with Crippen LogP contribution in [0.5, 0.6) is 5.75 Å². The highest BCUT2D eigenvalue weighted by Gasteiger charge is 2.22. The molecule has 0 aliphatic rings. The zero-order valence-electron chi connectivity index (χ0n) is 11.6. The highest BCUT2D eigenvalue weighted by molar-refractivity contribution is 7.86. The minimum absolute atomic E-state index is 0.0213. The van der Waals surface area contributed by atoms with E-state index in [1.165, 1.54) is 14.0 Å². The van der Waals surface area contributed by atoms with E-state index in [0.29, 0.717) is 0 Å². The lowest BCUT2D eigenvalue weighted by Gasteiger charge is -2.15. The molecule has 0 fully saturated rings. The minimum Gasteiger partial charge on any atom is -0.496 e. The first-order valence-electron chi connectivity index (χ1n) is 5.82. The van der Waals surface area contributed by atoms with Crippen molar-refractivity contribution in [3.8, 4) is 5.75 Å². The SMILES string of the molecule is COc1c(C)c(S(=O)(=O)O)cc2cc(S(=O)(=O)O)cc(N)c12. The van der Waals surface area contributed by atoms with Gasteiger partial charge in [0, 0.05) is 16.6 Å². The molecule has 2 aromatic carbocycles. The van der Waals surface area contributed by atoms with Gasteiger partial charge in [-0.05, 0) is 30.5 Å². The van der Waals surface area contributed by atoms with Crippen LogP contribution in [-0.4, -0.2) is 33.1 Å². The zero-order chi connectivity index (χ0) is 16.9. The van der Waals surface area contributed by atoms with Crippen molar-refractivity contribution in [2.45, 2.75) is 16.7 Å². The minimum atomic E-state index is -4.55. The van der Waals surface area contributed by atoms with Gasteiger partial charge in [-0.3, -0.25) is 9.11 Å². The summed E-state index contributed by atoms with van der Waals surface area (Å²) in [6.07, 6.45) is 0. The number of hydrogen-bond acceptors (Lipinski definition) is 6. The molecule has 2 aromatic rings. The average Bonchev–Trinajstić information content (AvgIpc) is 2.36. The lowest BCUT2D eigenvalue weighted by Crippen LogP contribution is -2.05. The Labute approximate surface area is 127 Å². The van der Waals surface area contributed by atoms with E-state index in [1.54, 1.807) is 0 Å². The summed E-state index contributed by atoms with van der Waals surface area (Å²) in [6.45, 7) is 1.41. The van der Waals surface area contributed by atoms with Gasteiger partial charge < -0.3 is 10.5 Å². The second-order valence-corrected chi connectivity index (χ2v) is 7.41. The van der Waals surface area contributed by atoms with Crippen LogP contribution in [-0.2, 0) is 20.2 Å². The maximum atomic E-state index is 11.4. The molecule has 0 atom stereocenters. The average molecular weight is 347 g/mol. The Bertz CT molecular complexity index is 978. The second kappa shape index (κ2) is 5.09. The van der Waals surface area contributed by atoms with E-state index in [4.69, 9.17) is 15.0 Å². The number of nitrogens with two attached hydrogens (primary N) is 1. The van der Waals surface area contributed by atoms with Crippen molar-refractivity contribution < 1.29 is 30.7 Å². The Balaban J connectivity index is 3.06. The third kappa shape index (κ3) is 2.73. The van der Waals surface area contributed by atoms with Crippen LogP contribution in [0.3, 0.4) is 0 Å². The Kier molecular flexibility index (Phi) is 3.81. The molecule has 0 amide bonds. The molecular weight excluding hydrogens is 334 g/mol. The number of anilines is 1. The Morgan fingerprint density at radius 1 is 1.05 bits per heavy atom. The summed E-state index contributed by atoms with van der Waals surface area (Å²) in [4.78, 5) is -0.937. The summed E-state index contributed by atoms with van der Waals surface area (Å²) < 4.78 is 68.8. The molecule has 8 nitrogen and oxygen atoms in total. The molecule has 0 spiro atoms. The lowest BCUT2D eigenvalue weighted by molar-refractivity contribution is 0.414. The molecule has 0 saturated heterocycles. The Hall–Kier alpha value is -1.88. The first-order valence-corrected chi connectivity index (χ1v) is 8.70. The summed E-state index contributed by atoms with van der Waals surface area (Å²) in [5.74, 6) is 0.0875. The Morgan fingerprint density at radius 3 is 2.09 bits per heavy atom. The van der Waals surface area contributed by atoms with Gasteiger partial charge in [-0.2, -0.15) is 16.8 Å².